The molecule has 0 aromatic heterocycles. The molecule has 2 heterocycles. The molecular formula is C28H38N4O. The molecule has 33 heavy (non-hydrogen) atoms. The predicted molar refractivity (Wildman–Crippen MR) is 136 cm³/mol. The zero-order chi connectivity index (χ0) is 22.5. The minimum atomic E-state index is 0.179. The lowest BCUT2D eigenvalue weighted by atomic mass is 9.91. The minimum absolute atomic E-state index is 0.179. The summed E-state index contributed by atoms with van der Waals surface area (Å²) in [5.41, 5.74) is 3.65. The number of likely N-dealkylation sites (tertiary alicyclic amines) is 1. The van der Waals surface area contributed by atoms with Crippen LogP contribution in [0.25, 0.3) is 0 Å². The Hall–Kier alpha value is -2.37. The molecule has 1 aliphatic carbocycles. The number of piperidine rings is 2. The van der Waals surface area contributed by atoms with E-state index in [1.54, 1.807) is 0 Å². The van der Waals surface area contributed by atoms with E-state index in [0.29, 0.717) is 12.0 Å². The van der Waals surface area contributed by atoms with Crippen molar-refractivity contribution in [2.75, 3.05) is 49.5 Å². The van der Waals surface area contributed by atoms with Crippen LogP contribution in [0.3, 0.4) is 0 Å². The molecule has 2 aromatic rings. The van der Waals surface area contributed by atoms with Gasteiger partial charge in [-0.1, -0.05) is 36.4 Å². The van der Waals surface area contributed by atoms with Gasteiger partial charge in [-0.25, -0.2) is 0 Å². The fourth-order valence-electron chi connectivity index (χ4n) is 5.39. The van der Waals surface area contributed by atoms with Gasteiger partial charge in [-0.2, -0.15) is 0 Å². The quantitative estimate of drug-likeness (QED) is 0.628. The van der Waals surface area contributed by atoms with Crippen molar-refractivity contribution in [3.63, 3.8) is 0 Å². The summed E-state index contributed by atoms with van der Waals surface area (Å²) in [4.78, 5) is 17.2. The summed E-state index contributed by atoms with van der Waals surface area (Å²) in [6.45, 7) is 6.78. The highest BCUT2D eigenvalue weighted by molar-refractivity contribution is 5.94. The van der Waals surface area contributed by atoms with Crippen molar-refractivity contribution in [2.45, 2.75) is 50.5 Å². The highest BCUT2D eigenvalue weighted by Crippen LogP contribution is 2.31. The number of anilines is 2. The summed E-state index contributed by atoms with van der Waals surface area (Å²) in [5, 5.41) is 6.91. The number of benzene rings is 2. The average Bonchev–Trinajstić information content (AvgIpc) is 3.71. The van der Waals surface area contributed by atoms with E-state index in [1.165, 1.54) is 50.0 Å². The highest BCUT2D eigenvalue weighted by Gasteiger charge is 2.29. The Morgan fingerprint density at radius 3 is 2.52 bits per heavy atom. The van der Waals surface area contributed by atoms with E-state index in [4.69, 9.17) is 0 Å². The van der Waals surface area contributed by atoms with Crippen LogP contribution in [0.15, 0.2) is 54.6 Å². The van der Waals surface area contributed by atoms with Crippen LogP contribution in [0.1, 0.15) is 50.0 Å². The van der Waals surface area contributed by atoms with E-state index in [9.17, 15) is 4.79 Å². The first-order valence-electron chi connectivity index (χ1n) is 12.9. The van der Waals surface area contributed by atoms with Gasteiger partial charge in [0.15, 0.2) is 0 Å². The third kappa shape index (κ3) is 6.15. The van der Waals surface area contributed by atoms with Gasteiger partial charge in [-0.3, -0.25) is 4.79 Å². The van der Waals surface area contributed by atoms with Crippen LogP contribution >= 0.6 is 0 Å². The fourth-order valence-corrected chi connectivity index (χ4v) is 5.39. The van der Waals surface area contributed by atoms with Gasteiger partial charge in [-0.05, 0) is 74.8 Å². The molecule has 0 spiro atoms. The standard InChI is InChI=1S/C28H38N4O/c33-28(23-11-12-23)30-26-9-4-10-27(20-26)32-17-13-25(14-18-32)29-15-19-31-16-5-8-24(21-31)22-6-2-1-3-7-22/h1-4,6-7,9-10,20,23-25,29H,5,8,11-19,21H2,(H,30,33)/t24-/m0/s1. The first-order chi connectivity index (χ1) is 16.2. The molecule has 5 heteroatoms. The van der Waals surface area contributed by atoms with Gasteiger partial charge in [0.05, 0.1) is 0 Å². The lowest BCUT2D eigenvalue weighted by Crippen LogP contribution is -2.45. The third-order valence-corrected chi connectivity index (χ3v) is 7.56. The minimum Gasteiger partial charge on any atom is -0.371 e. The first-order valence-corrected chi connectivity index (χ1v) is 12.9. The molecule has 0 radical (unpaired) electrons. The van der Waals surface area contributed by atoms with Gasteiger partial charge in [0.2, 0.25) is 5.91 Å². The van der Waals surface area contributed by atoms with Crippen LogP contribution in [0.5, 0.6) is 0 Å². The van der Waals surface area contributed by atoms with Crippen molar-refractivity contribution in [3.8, 4) is 0 Å². The van der Waals surface area contributed by atoms with E-state index in [1.807, 2.05) is 6.07 Å². The maximum absolute atomic E-state index is 12.1. The van der Waals surface area contributed by atoms with Gasteiger partial charge in [0.1, 0.15) is 0 Å². The van der Waals surface area contributed by atoms with Crippen LogP contribution < -0.4 is 15.5 Å². The number of amides is 1. The van der Waals surface area contributed by atoms with Crippen LogP contribution in [-0.4, -0.2) is 56.1 Å². The van der Waals surface area contributed by atoms with E-state index < -0.39 is 0 Å². The van der Waals surface area contributed by atoms with Gasteiger partial charge < -0.3 is 20.4 Å². The molecule has 5 rings (SSSR count). The molecule has 0 bridgehead atoms. The predicted octanol–water partition coefficient (Wildman–Crippen LogP) is 4.47. The summed E-state index contributed by atoms with van der Waals surface area (Å²) < 4.78 is 0. The van der Waals surface area contributed by atoms with Gasteiger partial charge in [0, 0.05) is 56.1 Å². The lowest BCUT2D eigenvalue weighted by Gasteiger charge is -2.36. The molecule has 2 aromatic carbocycles. The van der Waals surface area contributed by atoms with Crippen molar-refractivity contribution in [2.24, 2.45) is 5.92 Å². The van der Waals surface area contributed by atoms with Crippen LogP contribution in [0.4, 0.5) is 11.4 Å². The normalized spacial score (nSPS) is 22.3. The number of hydrogen-bond acceptors (Lipinski definition) is 4. The topological polar surface area (TPSA) is 47.6 Å². The monoisotopic (exact) mass is 446 g/mol. The molecule has 176 valence electrons. The van der Waals surface area contributed by atoms with Crippen LogP contribution in [0.2, 0.25) is 0 Å². The summed E-state index contributed by atoms with van der Waals surface area (Å²) in [6.07, 6.45) is 7.04. The highest BCUT2D eigenvalue weighted by atomic mass is 16.2. The Balaban J connectivity index is 1.03. The number of rotatable bonds is 8. The first kappa shape index (κ1) is 22.4. The lowest BCUT2D eigenvalue weighted by molar-refractivity contribution is -0.117. The van der Waals surface area contributed by atoms with Gasteiger partial charge >= 0.3 is 0 Å². The van der Waals surface area contributed by atoms with Crippen molar-refractivity contribution >= 4 is 17.3 Å². The Morgan fingerprint density at radius 1 is 0.909 bits per heavy atom. The van der Waals surface area contributed by atoms with Crippen molar-refractivity contribution in [3.05, 3.63) is 60.2 Å². The molecule has 3 fully saturated rings. The van der Waals surface area contributed by atoms with Crippen molar-refractivity contribution in [1.29, 1.82) is 0 Å². The molecule has 2 N–H and O–H groups in total. The van der Waals surface area contributed by atoms with Crippen LogP contribution in [-0.2, 0) is 4.79 Å². The average molecular weight is 447 g/mol. The Bertz CT molecular complexity index is 905. The molecule has 1 amide bonds. The maximum Gasteiger partial charge on any atom is 0.227 e. The molecule has 1 atom stereocenters. The zero-order valence-corrected chi connectivity index (χ0v) is 19.7. The molecule has 2 aliphatic heterocycles. The molecule has 2 saturated heterocycles. The molecule has 3 aliphatic rings. The second kappa shape index (κ2) is 10.7. The Morgan fingerprint density at radius 2 is 1.73 bits per heavy atom. The Kier molecular flexibility index (Phi) is 7.27. The molecule has 0 unspecified atom stereocenters. The van der Waals surface area contributed by atoms with E-state index in [2.05, 4.69) is 69.0 Å². The third-order valence-electron chi connectivity index (χ3n) is 7.56. The Labute approximate surface area is 198 Å². The van der Waals surface area contributed by atoms with Crippen molar-refractivity contribution < 1.29 is 4.79 Å². The number of carbonyl (C=O) groups excluding carboxylic acids is 1. The SMILES string of the molecule is O=C(Nc1cccc(N2CCC(NCCN3CCC[C@H](c4ccccc4)C3)CC2)c1)C1CC1. The zero-order valence-electron chi connectivity index (χ0n) is 19.7. The van der Waals surface area contributed by atoms with E-state index >= 15 is 0 Å². The van der Waals surface area contributed by atoms with Crippen LogP contribution in [0, 0.1) is 5.92 Å². The summed E-state index contributed by atoms with van der Waals surface area (Å²) in [7, 11) is 0. The largest absolute Gasteiger partial charge is 0.371 e. The van der Waals surface area contributed by atoms with E-state index in [-0.39, 0.29) is 11.8 Å². The smallest absolute Gasteiger partial charge is 0.227 e. The number of carbonyl (C=O) groups is 1. The molecule has 1 saturated carbocycles. The van der Waals surface area contributed by atoms with Crippen molar-refractivity contribution in [1.82, 2.24) is 10.2 Å². The molecular weight excluding hydrogens is 408 g/mol. The van der Waals surface area contributed by atoms with Gasteiger partial charge in [0.25, 0.3) is 0 Å². The summed E-state index contributed by atoms with van der Waals surface area (Å²) in [6, 6.07) is 20.0. The summed E-state index contributed by atoms with van der Waals surface area (Å²) >= 11 is 0. The number of hydrogen-bond donors (Lipinski definition) is 2. The summed E-state index contributed by atoms with van der Waals surface area (Å²) in [5.74, 6) is 1.11. The van der Waals surface area contributed by atoms with Gasteiger partial charge in [-0.15, -0.1) is 0 Å². The molecule has 5 nitrogen and oxygen atoms in total. The fraction of sp³-hybridized carbons (Fsp3) is 0.536. The second-order valence-electron chi connectivity index (χ2n) is 10.1. The number of nitrogens with one attached hydrogen (secondary N) is 2. The second-order valence-corrected chi connectivity index (χ2v) is 10.1. The van der Waals surface area contributed by atoms with E-state index in [0.717, 1.165) is 44.7 Å². The maximum atomic E-state index is 12.1. The number of nitrogens with zero attached hydrogens (tertiary/aromatic N) is 2.